The van der Waals surface area contributed by atoms with Crippen LogP contribution in [-0.2, 0) is 4.79 Å². The van der Waals surface area contributed by atoms with Crippen LogP contribution < -0.4 is 20.9 Å². The summed E-state index contributed by atoms with van der Waals surface area (Å²) in [6.07, 6.45) is 0.750. The normalized spacial score (nSPS) is 8.10. The van der Waals surface area contributed by atoms with Crippen molar-refractivity contribution < 1.29 is 14.3 Å². The van der Waals surface area contributed by atoms with Gasteiger partial charge in [-0.3, -0.25) is 0 Å². The van der Waals surface area contributed by atoms with Crippen LogP contribution in [0.2, 0.25) is 0 Å². The van der Waals surface area contributed by atoms with Crippen molar-refractivity contribution in [1.29, 1.82) is 5.41 Å². The third-order valence-electron chi connectivity index (χ3n) is 2.23. The number of carbonyl (C=O) groups excluding carboxylic acids is 1. The maximum absolute atomic E-state index is 8.35. The molecule has 2 rings (SSSR count). The van der Waals surface area contributed by atoms with Crippen LogP contribution in [0, 0.1) is 5.41 Å². The number of benzene rings is 2. The average Bonchev–Trinajstić information content (AvgIpc) is 2.50. The van der Waals surface area contributed by atoms with Gasteiger partial charge in [0.25, 0.3) is 0 Å². The molecule has 0 aliphatic rings. The lowest BCUT2D eigenvalue weighted by Crippen LogP contribution is -1.84. The van der Waals surface area contributed by atoms with Gasteiger partial charge in [0.15, 0.2) is 0 Å². The number of ether oxygens (including phenoxy) is 2. The van der Waals surface area contributed by atoms with Crippen LogP contribution in [0.4, 0.5) is 11.4 Å². The molecular formula is C15H19N3O3. The highest BCUT2D eigenvalue weighted by Gasteiger charge is 1.86. The minimum absolute atomic E-state index is 0.750. The van der Waals surface area contributed by atoms with Crippen molar-refractivity contribution in [2.45, 2.75) is 0 Å². The van der Waals surface area contributed by atoms with E-state index >= 15 is 0 Å². The van der Waals surface area contributed by atoms with Gasteiger partial charge in [0.1, 0.15) is 11.5 Å². The van der Waals surface area contributed by atoms with Crippen molar-refractivity contribution in [2.24, 2.45) is 0 Å². The zero-order valence-electron chi connectivity index (χ0n) is 12.0. The van der Waals surface area contributed by atoms with Gasteiger partial charge in [-0.15, -0.1) is 0 Å². The summed E-state index contributed by atoms with van der Waals surface area (Å²) >= 11 is 0. The second-order valence-corrected chi connectivity index (χ2v) is 3.65. The van der Waals surface area contributed by atoms with Gasteiger partial charge in [-0.05, 0) is 48.5 Å². The zero-order chi connectivity index (χ0) is 16.1. The summed E-state index contributed by atoms with van der Waals surface area (Å²) in [5.41, 5.74) is 12.4. The highest BCUT2D eigenvalue weighted by atomic mass is 16.5. The van der Waals surface area contributed by atoms with Gasteiger partial charge < -0.3 is 20.9 Å². The van der Waals surface area contributed by atoms with Crippen LogP contribution in [0.25, 0.3) is 0 Å². The number of nitrogen functional groups attached to an aromatic ring is 2. The predicted octanol–water partition coefficient (Wildman–Crippen LogP) is 2.46. The second kappa shape index (κ2) is 10.9. The van der Waals surface area contributed by atoms with Crippen molar-refractivity contribution in [1.82, 2.24) is 0 Å². The van der Waals surface area contributed by atoms with Gasteiger partial charge >= 0.3 is 0 Å². The van der Waals surface area contributed by atoms with E-state index in [1.807, 2.05) is 24.3 Å². The fourth-order valence-electron chi connectivity index (χ4n) is 1.21. The molecule has 2 aromatic carbocycles. The lowest BCUT2D eigenvalue weighted by atomic mass is 10.3. The molecule has 0 aliphatic heterocycles. The SMILES string of the molecule is COc1ccc(N)cc1.COc1ccc(N)cc1.N=C=O. The molecule has 0 atom stereocenters. The van der Waals surface area contributed by atoms with E-state index in [4.69, 9.17) is 31.1 Å². The topological polar surface area (TPSA) is 111 Å². The molecule has 0 heterocycles. The second-order valence-electron chi connectivity index (χ2n) is 3.65. The predicted molar refractivity (Wildman–Crippen MR) is 83.2 cm³/mol. The molecule has 2 aromatic rings. The molecule has 6 heteroatoms. The summed E-state index contributed by atoms with van der Waals surface area (Å²) in [7, 11) is 3.26. The van der Waals surface area contributed by atoms with Gasteiger partial charge in [0, 0.05) is 11.4 Å². The molecule has 21 heavy (non-hydrogen) atoms. The maximum Gasteiger partial charge on any atom is 0.231 e. The summed E-state index contributed by atoms with van der Waals surface area (Å²) in [5, 5.41) is 5.40. The van der Waals surface area contributed by atoms with Crippen molar-refractivity contribution >= 4 is 17.5 Å². The van der Waals surface area contributed by atoms with Crippen LogP contribution >= 0.6 is 0 Å². The van der Waals surface area contributed by atoms with Crippen LogP contribution in [0.5, 0.6) is 11.5 Å². The molecule has 0 radical (unpaired) electrons. The first-order valence-corrected chi connectivity index (χ1v) is 5.90. The first-order chi connectivity index (χ1) is 10.1. The van der Waals surface area contributed by atoms with Crippen molar-refractivity contribution in [3.8, 4) is 11.5 Å². The van der Waals surface area contributed by atoms with Gasteiger partial charge in [0.05, 0.1) is 14.2 Å². The highest BCUT2D eigenvalue weighted by molar-refractivity contribution is 5.42. The fourth-order valence-corrected chi connectivity index (χ4v) is 1.21. The fraction of sp³-hybridized carbons (Fsp3) is 0.133. The van der Waals surface area contributed by atoms with E-state index in [1.165, 1.54) is 0 Å². The summed E-state index contributed by atoms with van der Waals surface area (Å²) < 4.78 is 9.83. The number of nitrogens with one attached hydrogen (secondary N) is 1. The highest BCUT2D eigenvalue weighted by Crippen LogP contribution is 2.12. The lowest BCUT2D eigenvalue weighted by Gasteiger charge is -1.97. The third-order valence-corrected chi connectivity index (χ3v) is 2.23. The number of nitrogens with two attached hydrogens (primary N) is 2. The Morgan fingerprint density at radius 2 is 1.05 bits per heavy atom. The largest absolute Gasteiger partial charge is 0.497 e. The minimum Gasteiger partial charge on any atom is -0.497 e. The van der Waals surface area contributed by atoms with Crippen molar-refractivity contribution in [3.05, 3.63) is 48.5 Å². The third kappa shape index (κ3) is 8.69. The molecule has 0 amide bonds. The standard InChI is InChI=1S/2C7H9NO.CHNO/c2*1-9-7-4-2-6(8)3-5-7;2-1-3/h2*2-5H,8H2,1H3;2H. The zero-order valence-corrected chi connectivity index (χ0v) is 12.0. The van der Waals surface area contributed by atoms with Crippen LogP contribution in [0.3, 0.4) is 0 Å². The molecule has 6 nitrogen and oxygen atoms in total. The molecule has 112 valence electrons. The quantitative estimate of drug-likeness (QED) is 0.446. The van der Waals surface area contributed by atoms with Crippen molar-refractivity contribution in [3.63, 3.8) is 0 Å². The van der Waals surface area contributed by atoms with E-state index in [-0.39, 0.29) is 0 Å². The van der Waals surface area contributed by atoms with Gasteiger partial charge in [-0.25, -0.2) is 10.2 Å². The molecular weight excluding hydrogens is 270 g/mol. The molecule has 0 unspecified atom stereocenters. The molecule has 0 bridgehead atoms. The molecule has 0 aromatic heterocycles. The average molecular weight is 289 g/mol. The summed E-state index contributed by atoms with van der Waals surface area (Å²) in [6.45, 7) is 0. The van der Waals surface area contributed by atoms with Crippen molar-refractivity contribution in [2.75, 3.05) is 25.7 Å². The smallest absolute Gasteiger partial charge is 0.231 e. The Labute approximate surface area is 123 Å². The van der Waals surface area contributed by atoms with Gasteiger partial charge in [0.2, 0.25) is 6.08 Å². The molecule has 5 N–H and O–H groups in total. The number of methoxy groups -OCH3 is 2. The summed E-state index contributed by atoms with van der Waals surface area (Å²) in [6, 6.07) is 14.5. The van der Waals surface area contributed by atoms with Crippen LogP contribution in [-0.4, -0.2) is 20.3 Å². The Hall–Kier alpha value is -2.98. The Morgan fingerprint density at radius 1 is 0.810 bits per heavy atom. The summed E-state index contributed by atoms with van der Waals surface area (Å²) in [4.78, 5) is 8.35. The Balaban J connectivity index is 0.000000322. The number of isocyanates is 1. The maximum atomic E-state index is 8.35. The van der Waals surface area contributed by atoms with E-state index in [9.17, 15) is 0 Å². The number of hydrogen-bond acceptors (Lipinski definition) is 6. The Morgan fingerprint density at radius 3 is 1.24 bits per heavy atom. The Bertz CT molecular complexity index is 488. The molecule has 0 saturated carbocycles. The summed E-state index contributed by atoms with van der Waals surface area (Å²) in [5.74, 6) is 1.67. The van der Waals surface area contributed by atoms with Gasteiger partial charge in [-0.1, -0.05) is 0 Å². The lowest BCUT2D eigenvalue weighted by molar-refractivity contribution is 0.415. The van der Waals surface area contributed by atoms with Gasteiger partial charge in [-0.2, -0.15) is 0 Å². The number of anilines is 2. The number of hydrogen-bond donors (Lipinski definition) is 3. The van der Waals surface area contributed by atoms with Crippen LogP contribution in [0.1, 0.15) is 0 Å². The van der Waals surface area contributed by atoms with E-state index in [0.29, 0.717) is 0 Å². The van der Waals surface area contributed by atoms with Crippen LogP contribution in [0.15, 0.2) is 48.5 Å². The van der Waals surface area contributed by atoms with E-state index in [0.717, 1.165) is 29.0 Å². The molecule has 0 aliphatic carbocycles. The number of rotatable bonds is 2. The monoisotopic (exact) mass is 289 g/mol. The van der Waals surface area contributed by atoms with E-state index in [1.54, 1.807) is 38.5 Å². The first-order valence-electron chi connectivity index (χ1n) is 5.90. The molecule has 0 fully saturated rings. The van der Waals surface area contributed by atoms with E-state index in [2.05, 4.69) is 0 Å². The molecule has 0 spiro atoms. The first kappa shape index (κ1) is 18.0. The van der Waals surface area contributed by atoms with E-state index < -0.39 is 0 Å². The minimum atomic E-state index is 0.750. The Kier molecular flexibility index (Phi) is 9.35. The molecule has 0 saturated heterocycles.